The minimum atomic E-state index is -0.127. The molecule has 4 rings (SSSR count). The van der Waals surface area contributed by atoms with E-state index in [-0.39, 0.29) is 11.6 Å². The van der Waals surface area contributed by atoms with Crippen molar-refractivity contribution in [3.8, 4) is 0 Å². The molecule has 0 amide bonds. The van der Waals surface area contributed by atoms with E-state index >= 15 is 0 Å². The molecule has 1 fully saturated rings. The number of hydrogen-bond acceptors (Lipinski definition) is 5. The molecule has 0 bridgehead atoms. The topological polar surface area (TPSA) is 47.0 Å². The molecule has 23 heavy (non-hydrogen) atoms. The van der Waals surface area contributed by atoms with Crippen LogP contribution in [0.4, 0.5) is 0 Å². The molecule has 0 aromatic carbocycles. The Hall–Kier alpha value is -1.30. The molecule has 0 radical (unpaired) electrons. The number of aryl methyl sites for hydroxylation is 2. The fourth-order valence-electron chi connectivity index (χ4n) is 3.79. The van der Waals surface area contributed by atoms with Crippen molar-refractivity contribution in [2.45, 2.75) is 51.2 Å². The van der Waals surface area contributed by atoms with Crippen LogP contribution in [0.15, 0.2) is 18.5 Å². The van der Waals surface area contributed by atoms with E-state index in [0.717, 1.165) is 50.2 Å². The molecule has 0 saturated carbocycles. The fourth-order valence-corrected chi connectivity index (χ4v) is 4.97. The molecule has 2 aliphatic heterocycles. The van der Waals surface area contributed by atoms with E-state index in [1.54, 1.807) is 0 Å². The Morgan fingerprint density at radius 1 is 1.39 bits per heavy atom. The Bertz CT molecular complexity index is 697. The molecule has 4 nitrogen and oxygen atoms in total. The first-order chi connectivity index (χ1) is 11.2. The molecular formula is C18H23N3OS. The minimum absolute atomic E-state index is 0.127. The van der Waals surface area contributed by atoms with Gasteiger partial charge in [0.2, 0.25) is 0 Å². The van der Waals surface area contributed by atoms with Crippen molar-refractivity contribution in [3.63, 3.8) is 0 Å². The molecule has 1 spiro atoms. The van der Waals surface area contributed by atoms with Crippen LogP contribution in [0.3, 0.4) is 0 Å². The second-order valence-electron chi connectivity index (χ2n) is 6.52. The number of nitrogens with one attached hydrogen (secondary N) is 1. The van der Waals surface area contributed by atoms with Gasteiger partial charge < -0.3 is 10.1 Å². The normalized spacial score (nSPS) is 27.1. The molecule has 0 aliphatic carbocycles. The summed E-state index contributed by atoms with van der Waals surface area (Å²) in [6.07, 6.45) is 8.09. The predicted octanol–water partition coefficient (Wildman–Crippen LogP) is 3.30. The van der Waals surface area contributed by atoms with Crippen molar-refractivity contribution in [2.75, 3.05) is 13.2 Å². The Balaban J connectivity index is 1.67. The lowest BCUT2D eigenvalue weighted by molar-refractivity contribution is -0.0890. The number of aromatic nitrogens is 2. The zero-order chi connectivity index (χ0) is 15.9. The summed E-state index contributed by atoms with van der Waals surface area (Å²) in [5, 5.41) is 3.62. The van der Waals surface area contributed by atoms with Crippen LogP contribution in [-0.4, -0.2) is 23.1 Å². The lowest BCUT2D eigenvalue weighted by Crippen LogP contribution is -2.45. The highest BCUT2D eigenvalue weighted by molar-refractivity contribution is 7.12. The highest BCUT2D eigenvalue weighted by Crippen LogP contribution is 2.47. The van der Waals surface area contributed by atoms with E-state index in [4.69, 9.17) is 4.74 Å². The van der Waals surface area contributed by atoms with Crippen molar-refractivity contribution >= 4 is 11.3 Å². The highest BCUT2D eigenvalue weighted by Gasteiger charge is 2.43. The molecule has 1 saturated heterocycles. The van der Waals surface area contributed by atoms with E-state index in [1.807, 2.05) is 30.7 Å². The molecule has 2 aromatic rings. The van der Waals surface area contributed by atoms with E-state index in [1.165, 1.54) is 15.3 Å². The summed E-state index contributed by atoms with van der Waals surface area (Å²) in [5.74, 6) is 0.820. The highest BCUT2D eigenvalue weighted by atomic mass is 32.1. The van der Waals surface area contributed by atoms with Crippen molar-refractivity contribution in [1.82, 2.24) is 15.3 Å². The molecule has 1 N–H and O–H groups in total. The van der Waals surface area contributed by atoms with Crippen LogP contribution in [0.25, 0.3) is 0 Å². The summed E-state index contributed by atoms with van der Waals surface area (Å²) in [4.78, 5) is 11.7. The van der Waals surface area contributed by atoms with E-state index < -0.39 is 0 Å². The Morgan fingerprint density at radius 3 is 3.00 bits per heavy atom. The van der Waals surface area contributed by atoms with E-state index in [2.05, 4.69) is 28.3 Å². The van der Waals surface area contributed by atoms with Gasteiger partial charge in [-0.1, -0.05) is 6.92 Å². The molecule has 5 heteroatoms. The summed E-state index contributed by atoms with van der Waals surface area (Å²) in [6.45, 7) is 5.97. The smallest absolute Gasteiger partial charge is 0.125 e. The molecule has 2 atom stereocenters. The van der Waals surface area contributed by atoms with Gasteiger partial charge in [-0.05, 0) is 37.9 Å². The van der Waals surface area contributed by atoms with Gasteiger partial charge in [0.15, 0.2) is 0 Å². The third-order valence-corrected chi connectivity index (χ3v) is 6.40. The third-order valence-electron chi connectivity index (χ3n) is 5.06. The van der Waals surface area contributed by atoms with Gasteiger partial charge >= 0.3 is 0 Å². The average molecular weight is 329 g/mol. The first kappa shape index (κ1) is 15.2. The van der Waals surface area contributed by atoms with Gasteiger partial charge in [0.1, 0.15) is 5.82 Å². The number of ether oxygens (including phenoxy) is 1. The largest absolute Gasteiger partial charge is 0.370 e. The first-order valence-corrected chi connectivity index (χ1v) is 9.30. The van der Waals surface area contributed by atoms with Crippen molar-refractivity contribution in [2.24, 2.45) is 0 Å². The van der Waals surface area contributed by atoms with Crippen LogP contribution in [0.5, 0.6) is 0 Å². The average Bonchev–Trinajstić information content (AvgIpc) is 3.01. The van der Waals surface area contributed by atoms with Gasteiger partial charge in [0.25, 0.3) is 0 Å². The summed E-state index contributed by atoms with van der Waals surface area (Å²) >= 11 is 1.98. The second kappa shape index (κ2) is 5.96. The van der Waals surface area contributed by atoms with E-state index in [0.29, 0.717) is 0 Å². The number of thiophene rings is 1. The molecule has 2 aromatic heterocycles. The molecule has 2 unspecified atom stereocenters. The van der Waals surface area contributed by atoms with Crippen LogP contribution in [0.2, 0.25) is 0 Å². The zero-order valence-corrected chi connectivity index (χ0v) is 14.6. The summed E-state index contributed by atoms with van der Waals surface area (Å²) in [6, 6.07) is 2.66. The quantitative estimate of drug-likeness (QED) is 0.918. The van der Waals surface area contributed by atoms with Crippen LogP contribution in [0, 0.1) is 6.92 Å². The Labute approximate surface area is 141 Å². The first-order valence-electron chi connectivity index (χ1n) is 8.48. The maximum atomic E-state index is 6.39. The Kier molecular flexibility index (Phi) is 3.95. The summed E-state index contributed by atoms with van der Waals surface area (Å²) in [7, 11) is 0. The van der Waals surface area contributed by atoms with Crippen molar-refractivity contribution in [3.05, 3.63) is 45.2 Å². The molecular weight excluding hydrogens is 306 g/mol. The van der Waals surface area contributed by atoms with Gasteiger partial charge in [-0.3, -0.25) is 0 Å². The standard InChI is InChI=1S/C18H23N3OS/c1-3-14-8-15-17(23-14)4-7-22-18(15)5-6-19-16(9-18)13-10-20-12(2)21-11-13/h8,10-11,16,19H,3-7,9H2,1-2H3. The van der Waals surface area contributed by atoms with Gasteiger partial charge in [-0.15, -0.1) is 11.3 Å². The monoisotopic (exact) mass is 329 g/mol. The Morgan fingerprint density at radius 2 is 2.22 bits per heavy atom. The maximum Gasteiger partial charge on any atom is 0.125 e. The van der Waals surface area contributed by atoms with Gasteiger partial charge in [0, 0.05) is 46.6 Å². The lowest BCUT2D eigenvalue weighted by atomic mass is 9.78. The predicted molar refractivity (Wildman–Crippen MR) is 91.8 cm³/mol. The number of hydrogen-bond donors (Lipinski definition) is 1. The van der Waals surface area contributed by atoms with Crippen LogP contribution in [0.1, 0.15) is 52.5 Å². The van der Waals surface area contributed by atoms with Crippen molar-refractivity contribution < 1.29 is 4.74 Å². The van der Waals surface area contributed by atoms with Crippen LogP contribution < -0.4 is 5.32 Å². The third kappa shape index (κ3) is 2.71. The molecule has 122 valence electrons. The number of fused-ring (bicyclic) bond motifs is 2. The zero-order valence-electron chi connectivity index (χ0n) is 13.8. The number of piperidine rings is 1. The van der Waals surface area contributed by atoms with Gasteiger partial charge in [-0.25, -0.2) is 9.97 Å². The number of nitrogens with zero attached hydrogens (tertiary/aromatic N) is 2. The van der Waals surface area contributed by atoms with Gasteiger partial charge in [-0.2, -0.15) is 0 Å². The second-order valence-corrected chi connectivity index (χ2v) is 7.74. The summed E-state index contributed by atoms with van der Waals surface area (Å²) < 4.78 is 6.39. The lowest BCUT2D eigenvalue weighted by Gasteiger charge is -2.44. The van der Waals surface area contributed by atoms with Crippen LogP contribution >= 0.6 is 11.3 Å². The van der Waals surface area contributed by atoms with Gasteiger partial charge in [0.05, 0.1) is 12.2 Å². The summed E-state index contributed by atoms with van der Waals surface area (Å²) in [5.41, 5.74) is 2.49. The molecule has 2 aliphatic rings. The minimum Gasteiger partial charge on any atom is -0.370 e. The van der Waals surface area contributed by atoms with Crippen LogP contribution in [-0.2, 0) is 23.2 Å². The van der Waals surface area contributed by atoms with Crippen molar-refractivity contribution in [1.29, 1.82) is 0 Å². The SMILES string of the molecule is CCc1cc2c(s1)CCOC21CCNC(c2cnc(C)nc2)C1. The number of rotatable bonds is 2. The molecule has 4 heterocycles. The fraction of sp³-hybridized carbons (Fsp3) is 0.556. The maximum absolute atomic E-state index is 6.39. The van der Waals surface area contributed by atoms with E-state index in [9.17, 15) is 0 Å².